The van der Waals surface area contributed by atoms with E-state index in [0.29, 0.717) is 38.6 Å². The Morgan fingerprint density at radius 1 is 1.17 bits per heavy atom. The number of likely N-dealkylation sites (tertiary alicyclic amines) is 2. The fraction of sp³-hybridized carbons (Fsp3) is 0.647. The fourth-order valence-corrected chi connectivity index (χ4v) is 4.70. The number of cyclic esters (lactones) is 1. The van der Waals surface area contributed by atoms with E-state index in [9.17, 15) is 22.8 Å². The van der Waals surface area contributed by atoms with Crippen LogP contribution in [0.25, 0.3) is 0 Å². The molecule has 4 aliphatic rings. The van der Waals surface area contributed by atoms with Crippen molar-refractivity contribution in [3.63, 3.8) is 0 Å². The summed E-state index contributed by atoms with van der Waals surface area (Å²) in [6.45, 7) is 2.53. The molecule has 0 atom stereocenters. The highest BCUT2D eigenvalue weighted by Gasteiger charge is 2.57. The molecule has 1 aliphatic carbocycles. The van der Waals surface area contributed by atoms with Gasteiger partial charge in [0, 0.05) is 24.5 Å². The molecule has 29 heavy (non-hydrogen) atoms. The minimum atomic E-state index is -4.50. The highest BCUT2D eigenvalue weighted by molar-refractivity contribution is 5.79. The molecule has 4 heterocycles. The summed E-state index contributed by atoms with van der Waals surface area (Å²) in [5.41, 5.74) is -1.37. The Morgan fingerprint density at radius 3 is 2.41 bits per heavy atom. The molecular formula is C17H19F3N6O3. The molecule has 5 rings (SSSR count). The van der Waals surface area contributed by atoms with Gasteiger partial charge in [0.2, 0.25) is 0 Å². The summed E-state index contributed by atoms with van der Waals surface area (Å²) in [5, 5.41) is 12.6. The van der Waals surface area contributed by atoms with Crippen molar-refractivity contribution < 1.29 is 27.5 Å². The van der Waals surface area contributed by atoms with Gasteiger partial charge < -0.3 is 25.2 Å². The van der Waals surface area contributed by atoms with E-state index < -0.39 is 23.5 Å². The number of aromatic nitrogens is 2. The van der Waals surface area contributed by atoms with Gasteiger partial charge in [0.25, 0.3) is 0 Å². The van der Waals surface area contributed by atoms with Gasteiger partial charge in [-0.1, -0.05) is 0 Å². The number of hydrogen-bond donors (Lipinski definition) is 2. The minimum Gasteiger partial charge on any atom is -0.447 e. The highest BCUT2D eigenvalue weighted by atomic mass is 19.4. The first-order chi connectivity index (χ1) is 13.7. The van der Waals surface area contributed by atoms with Gasteiger partial charge in [-0.05, 0) is 25.0 Å². The normalized spacial score (nSPS) is 24.4. The molecule has 4 fully saturated rings. The zero-order valence-corrected chi connectivity index (χ0v) is 15.3. The van der Waals surface area contributed by atoms with E-state index in [2.05, 4.69) is 20.8 Å². The number of carbonyl (C=O) groups excluding carboxylic acids is 2. The Labute approximate surface area is 163 Å². The van der Waals surface area contributed by atoms with Crippen LogP contribution in [0.5, 0.6) is 0 Å². The van der Waals surface area contributed by atoms with Crippen LogP contribution in [0, 0.1) is 5.41 Å². The summed E-state index contributed by atoms with van der Waals surface area (Å²) in [6.07, 6.45) is -3.29. The number of ether oxygens (including phenoxy) is 1. The topological polar surface area (TPSA) is 99.7 Å². The summed E-state index contributed by atoms with van der Waals surface area (Å²) in [7, 11) is 0. The van der Waals surface area contributed by atoms with Crippen LogP contribution >= 0.6 is 0 Å². The van der Waals surface area contributed by atoms with Crippen LogP contribution in [-0.2, 0) is 10.9 Å². The van der Waals surface area contributed by atoms with Crippen molar-refractivity contribution in [1.82, 2.24) is 25.3 Å². The van der Waals surface area contributed by atoms with Crippen molar-refractivity contribution >= 4 is 17.9 Å². The SMILES string of the molecule is O=C1NC2(CO1)CN(C(=O)N1CC3(CC(Nc4ccc(C(F)(F)F)nn4)C3)C1)C2. The molecule has 156 valence electrons. The number of halogens is 3. The van der Waals surface area contributed by atoms with Gasteiger partial charge in [0.1, 0.15) is 18.0 Å². The molecule has 3 saturated heterocycles. The lowest BCUT2D eigenvalue weighted by molar-refractivity contribution is -0.141. The van der Waals surface area contributed by atoms with Gasteiger partial charge in [-0.2, -0.15) is 13.2 Å². The molecule has 2 N–H and O–H groups in total. The first-order valence-electron chi connectivity index (χ1n) is 9.32. The van der Waals surface area contributed by atoms with Gasteiger partial charge >= 0.3 is 18.3 Å². The first kappa shape index (κ1) is 18.3. The Hall–Kier alpha value is -2.79. The van der Waals surface area contributed by atoms with E-state index in [-0.39, 0.29) is 17.5 Å². The Morgan fingerprint density at radius 2 is 1.86 bits per heavy atom. The van der Waals surface area contributed by atoms with Gasteiger partial charge in [-0.25, -0.2) is 9.59 Å². The number of alkyl halides is 3. The average molecular weight is 412 g/mol. The maximum Gasteiger partial charge on any atom is 0.435 e. The van der Waals surface area contributed by atoms with Crippen LogP contribution < -0.4 is 10.6 Å². The Kier molecular flexibility index (Phi) is 3.69. The molecule has 1 aromatic heterocycles. The first-order valence-corrected chi connectivity index (χ1v) is 9.32. The van der Waals surface area contributed by atoms with Crippen LogP contribution in [0.15, 0.2) is 12.1 Å². The third kappa shape index (κ3) is 3.10. The number of nitrogens with one attached hydrogen (secondary N) is 2. The number of hydrogen-bond acceptors (Lipinski definition) is 6. The third-order valence-electron chi connectivity index (χ3n) is 6.09. The third-order valence-corrected chi connectivity index (χ3v) is 6.09. The molecule has 1 aromatic rings. The van der Waals surface area contributed by atoms with Crippen LogP contribution in [0.3, 0.4) is 0 Å². The standard InChI is InChI=1S/C17H19F3N6O3/c18-17(19,20)11-1-2-12(24-23-11)21-10-3-15(4-10)5-25(6-15)14(28)26-7-16(8-26)9-29-13(27)22-16/h1-2,10H,3-9H2,(H,21,24)(H,22,27). The molecule has 9 nitrogen and oxygen atoms in total. The van der Waals surface area contributed by atoms with Crippen LogP contribution in [0.2, 0.25) is 0 Å². The van der Waals surface area contributed by atoms with Crippen LogP contribution in [-0.4, -0.2) is 76.5 Å². The van der Waals surface area contributed by atoms with Gasteiger partial charge in [0.15, 0.2) is 5.69 Å². The molecule has 0 radical (unpaired) electrons. The largest absolute Gasteiger partial charge is 0.447 e. The molecule has 3 aliphatic heterocycles. The zero-order chi connectivity index (χ0) is 20.4. The van der Waals surface area contributed by atoms with E-state index in [1.165, 1.54) is 6.07 Å². The fourth-order valence-electron chi connectivity index (χ4n) is 4.70. The quantitative estimate of drug-likeness (QED) is 0.760. The number of urea groups is 1. The number of anilines is 1. The average Bonchev–Trinajstić information content (AvgIpc) is 2.96. The second-order valence-corrected chi connectivity index (χ2v) is 8.53. The second-order valence-electron chi connectivity index (χ2n) is 8.53. The molecule has 0 bridgehead atoms. The van der Waals surface area contributed by atoms with Gasteiger partial charge in [0.05, 0.1) is 13.1 Å². The highest BCUT2D eigenvalue weighted by Crippen LogP contribution is 2.49. The van der Waals surface area contributed by atoms with Crippen LogP contribution in [0.1, 0.15) is 18.5 Å². The number of rotatable bonds is 2. The maximum atomic E-state index is 12.5. The van der Waals surface area contributed by atoms with Crippen molar-refractivity contribution in [3.05, 3.63) is 17.8 Å². The predicted octanol–water partition coefficient (Wildman–Crippen LogP) is 1.29. The van der Waals surface area contributed by atoms with Crippen molar-refractivity contribution in [1.29, 1.82) is 0 Å². The smallest absolute Gasteiger partial charge is 0.435 e. The molecule has 3 amide bonds. The van der Waals surface area contributed by atoms with E-state index in [1.54, 1.807) is 9.80 Å². The Balaban J connectivity index is 1.06. The van der Waals surface area contributed by atoms with Gasteiger partial charge in [-0.15, -0.1) is 10.2 Å². The van der Waals surface area contributed by atoms with E-state index in [1.807, 2.05) is 0 Å². The molecule has 0 aromatic carbocycles. The maximum absolute atomic E-state index is 12.5. The number of carbonyl (C=O) groups is 2. The summed E-state index contributed by atoms with van der Waals surface area (Å²) in [4.78, 5) is 27.2. The summed E-state index contributed by atoms with van der Waals surface area (Å²) in [5.74, 6) is 0.316. The van der Waals surface area contributed by atoms with Crippen molar-refractivity contribution in [2.24, 2.45) is 5.41 Å². The summed E-state index contributed by atoms with van der Waals surface area (Å²) in [6, 6.07) is 2.26. The van der Waals surface area contributed by atoms with E-state index in [0.717, 1.165) is 18.9 Å². The lowest BCUT2D eigenvalue weighted by Gasteiger charge is -2.60. The monoisotopic (exact) mass is 412 g/mol. The molecule has 12 heteroatoms. The van der Waals surface area contributed by atoms with E-state index >= 15 is 0 Å². The number of nitrogens with zero attached hydrogens (tertiary/aromatic N) is 4. The minimum absolute atomic E-state index is 0.0348. The number of alkyl carbamates (subject to hydrolysis) is 1. The lowest BCUT2D eigenvalue weighted by atomic mass is 9.60. The second kappa shape index (κ2) is 5.86. The lowest BCUT2D eigenvalue weighted by Crippen LogP contribution is -2.74. The summed E-state index contributed by atoms with van der Waals surface area (Å²) >= 11 is 0. The molecule has 1 saturated carbocycles. The Bertz CT molecular complexity index is 841. The van der Waals surface area contributed by atoms with Crippen molar-refractivity contribution in [2.75, 3.05) is 38.1 Å². The predicted molar refractivity (Wildman–Crippen MR) is 91.9 cm³/mol. The van der Waals surface area contributed by atoms with Crippen molar-refractivity contribution in [2.45, 2.75) is 30.6 Å². The van der Waals surface area contributed by atoms with Gasteiger partial charge in [-0.3, -0.25) is 0 Å². The van der Waals surface area contributed by atoms with E-state index in [4.69, 9.17) is 4.74 Å². The number of amides is 3. The zero-order valence-electron chi connectivity index (χ0n) is 15.3. The van der Waals surface area contributed by atoms with Crippen molar-refractivity contribution in [3.8, 4) is 0 Å². The molecule has 0 unspecified atom stereocenters. The van der Waals surface area contributed by atoms with Crippen LogP contribution in [0.4, 0.5) is 28.6 Å². The molecule has 2 spiro atoms. The molecular weight excluding hydrogens is 393 g/mol. The summed E-state index contributed by atoms with van der Waals surface area (Å²) < 4.78 is 42.5.